The number of rotatable bonds is 1. The fraction of sp³-hybridized carbons (Fsp3) is 0.667. The average molecular weight is 229 g/mol. The van der Waals surface area contributed by atoms with Crippen molar-refractivity contribution in [3.05, 3.63) is 11.3 Å². The zero-order valence-electron chi connectivity index (χ0n) is 9.20. The topological polar surface area (TPSA) is 31.4 Å². The van der Waals surface area contributed by atoms with Crippen molar-refractivity contribution < 1.29 is 13.7 Å². The van der Waals surface area contributed by atoms with Crippen LogP contribution in [-0.2, 0) is 9.31 Å². The van der Waals surface area contributed by atoms with Gasteiger partial charge in [0.15, 0.2) is 5.13 Å². The molecule has 0 unspecified atom stereocenters. The molecule has 1 aliphatic heterocycles. The van der Waals surface area contributed by atoms with Crippen LogP contribution in [0.1, 0.15) is 27.7 Å². The lowest BCUT2D eigenvalue weighted by Crippen LogP contribution is -2.41. The lowest BCUT2D eigenvalue weighted by Gasteiger charge is -2.32. The molecule has 82 valence electrons. The Morgan fingerprint density at radius 3 is 2.20 bits per heavy atom. The van der Waals surface area contributed by atoms with Crippen LogP contribution in [-0.4, -0.2) is 23.3 Å². The third-order valence-corrected chi connectivity index (χ3v) is 3.76. The number of hydrogen-bond donors (Lipinski definition) is 0. The van der Waals surface area contributed by atoms with Crippen molar-refractivity contribution in [1.82, 2.24) is 4.98 Å². The fourth-order valence-electron chi connectivity index (χ4n) is 1.32. The maximum atomic E-state index is 12.8. The van der Waals surface area contributed by atoms with Crippen LogP contribution in [0, 0.1) is 5.13 Å². The van der Waals surface area contributed by atoms with Crippen LogP contribution in [0.2, 0.25) is 0 Å². The van der Waals surface area contributed by atoms with Crippen molar-refractivity contribution in [1.29, 1.82) is 0 Å². The van der Waals surface area contributed by atoms with Gasteiger partial charge in [0.2, 0.25) is 0 Å². The third kappa shape index (κ3) is 1.81. The molecular formula is C9H13BFNO2S. The van der Waals surface area contributed by atoms with Crippen LogP contribution >= 0.6 is 11.3 Å². The molecule has 0 aromatic carbocycles. The van der Waals surface area contributed by atoms with Gasteiger partial charge in [0.25, 0.3) is 0 Å². The van der Waals surface area contributed by atoms with Crippen molar-refractivity contribution in [2.24, 2.45) is 0 Å². The average Bonchev–Trinajstić information content (AvgIpc) is 2.56. The van der Waals surface area contributed by atoms with Crippen LogP contribution < -0.4 is 4.91 Å². The summed E-state index contributed by atoms with van der Waals surface area (Å²) in [5.74, 6) is 0. The Morgan fingerprint density at radius 2 is 1.80 bits per heavy atom. The van der Waals surface area contributed by atoms with Gasteiger partial charge in [0.05, 0.1) is 17.4 Å². The molecule has 15 heavy (non-hydrogen) atoms. The number of thiazole rings is 1. The Kier molecular flexibility index (Phi) is 2.40. The maximum absolute atomic E-state index is 12.8. The SMILES string of the molecule is CC1(C)OB(c2ncc(F)s2)OC1(C)C. The highest BCUT2D eigenvalue weighted by atomic mass is 32.1. The normalized spacial score (nSPS) is 23.4. The molecule has 1 aliphatic rings. The van der Waals surface area contributed by atoms with Crippen molar-refractivity contribution in [2.75, 3.05) is 0 Å². The van der Waals surface area contributed by atoms with Crippen LogP contribution in [0.5, 0.6) is 0 Å². The first-order valence-electron chi connectivity index (χ1n) is 4.79. The molecule has 2 heterocycles. The smallest absolute Gasteiger partial charge is 0.398 e. The number of halogens is 1. The predicted octanol–water partition coefficient (Wildman–Crippen LogP) is 1.58. The summed E-state index contributed by atoms with van der Waals surface area (Å²) >= 11 is 0.959. The summed E-state index contributed by atoms with van der Waals surface area (Å²) in [5.41, 5.74) is -0.806. The van der Waals surface area contributed by atoms with Crippen molar-refractivity contribution >= 4 is 23.4 Å². The highest BCUT2D eigenvalue weighted by molar-refractivity contribution is 7.20. The molecule has 1 saturated heterocycles. The maximum Gasteiger partial charge on any atom is 0.525 e. The van der Waals surface area contributed by atoms with Gasteiger partial charge >= 0.3 is 7.12 Å². The van der Waals surface area contributed by atoms with E-state index in [4.69, 9.17) is 9.31 Å². The van der Waals surface area contributed by atoms with Crippen LogP contribution in [0.4, 0.5) is 4.39 Å². The van der Waals surface area contributed by atoms with E-state index in [1.165, 1.54) is 6.20 Å². The van der Waals surface area contributed by atoms with Gasteiger partial charge in [-0.25, -0.2) is 0 Å². The molecule has 0 aliphatic carbocycles. The Labute approximate surface area is 92.8 Å². The molecule has 0 atom stereocenters. The quantitative estimate of drug-likeness (QED) is 0.685. The zero-order chi connectivity index (χ0) is 11.3. The van der Waals surface area contributed by atoms with E-state index in [1.54, 1.807) is 0 Å². The first-order chi connectivity index (χ1) is 6.82. The lowest BCUT2D eigenvalue weighted by atomic mass is 9.90. The molecule has 0 saturated carbocycles. The van der Waals surface area contributed by atoms with E-state index in [0.29, 0.717) is 4.91 Å². The van der Waals surface area contributed by atoms with Gasteiger partial charge in [-0.2, -0.15) is 4.39 Å². The zero-order valence-corrected chi connectivity index (χ0v) is 10.0. The van der Waals surface area contributed by atoms with E-state index in [1.807, 2.05) is 27.7 Å². The van der Waals surface area contributed by atoms with Gasteiger partial charge in [-0.15, -0.1) is 0 Å². The van der Waals surface area contributed by atoms with Crippen molar-refractivity contribution in [3.8, 4) is 0 Å². The minimum Gasteiger partial charge on any atom is -0.398 e. The van der Waals surface area contributed by atoms with Crippen molar-refractivity contribution in [3.63, 3.8) is 0 Å². The number of aromatic nitrogens is 1. The Bertz CT molecular complexity index is 364. The molecule has 1 aromatic heterocycles. The second-order valence-corrected chi connectivity index (χ2v) is 5.60. The molecule has 6 heteroatoms. The summed E-state index contributed by atoms with van der Waals surface area (Å²) < 4.78 is 24.3. The largest absolute Gasteiger partial charge is 0.525 e. The molecule has 1 aromatic rings. The fourth-order valence-corrected chi connectivity index (χ4v) is 1.92. The second kappa shape index (κ2) is 3.27. The predicted molar refractivity (Wildman–Crippen MR) is 57.8 cm³/mol. The molecule has 0 spiro atoms. The monoisotopic (exact) mass is 229 g/mol. The van der Waals surface area contributed by atoms with E-state index in [0.717, 1.165) is 11.3 Å². The first-order valence-corrected chi connectivity index (χ1v) is 5.60. The van der Waals surface area contributed by atoms with Gasteiger partial charge in [0.1, 0.15) is 4.91 Å². The van der Waals surface area contributed by atoms with E-state index in [-0.39, 0.29) is 5.13 Å². The van der Waals surface area contributed by atoms with Gasteiger partial charge in [-0.3, -0.25) is 4.98 Å². The lowest BCUT2D eigenvalue weighted by molar-refractivity contribution is 0.00578. The van der Waals surface area contributed by atoms with Crippen LogP contribution in [0.15, 0.2) is 6.20 Å². The summed E-state index contributed by atoms with van der Waals surface area (Å²) in [7, 11) is -0.551. The Hall–Kier alpha value is -0.455. The highest BCUT2D eigenvalue weighted by Gasteiger charge is 2.52. The van der Waals surface area contributed by atoms with E-state index >= 15 is 0 Å². The molecule has 0 bridgehead atoms. The minimum atomic E-state index is -0.551. The first kappa shape index (κ1) is 11.0. The summed E-state index contributed by atoms with van der Waals surface area (Å²) in [4.78, 5) is 4.46. The number of nitrogens with zero attached hydrogens (tertiary/aromatic N) is 1. The number of hydrogen-bond acceptors (Lipinski definition) is 4. The molecular weight excluding hydrogens is 216 g/mol. The Balaban J connectivity index is 2.23. The third-order valence-electron chi connectivity index (χ3n) is 2.95. The van der Waals surface area contributed by atoms with Crippen LogP contribution in [0.25, 0.3) is 0 Å². The summed E-state index contributed by atoms with van der Waals surface area (Å²) in [6.45, 7) is 7.82. The molecule has 0 N–H and O–H groups in total. The van der Waals surface area contributed by atoms with Gasteiger partial charge in [0, 0.05) is 0 Å². The minimum absolute atomic E-state index is 0.320. The molecule has 0 radical (unpaired) electrons. The van der Waals surface area contributed by atoms with Gasteiger partial charge in [-0.05, 0) is 27.7 Å². The molecule has 0 amide bonds. The van der Waals surface area contributed by atoms with Gasteiger partial charge < -0.3 is 9.31 Å². The molecule has 3 nitrogen and oxygen atoms in total. The van der Waals surface area contributed by atoms with Gasteiger partial charge in [-0.1, -0.05) is 11.3 Å². The van der Waals surface area contributed by atoms with E-state index < -0.39 is 18.3 Å². The van der Waals surface area contributed by atoms with Crippen molar-refractivity contribution in [2.45, 2.75) is 38.9 Å². The second-order valence-electron chi connectivity index (χ2n) is 4.59. The van der Waals surface area contributed by atoms with Crippen LogP contribution in [0.3, 0.4) is 0 Å². The molecule has 2 rings (SSSR count). The standard InChI is InChI=1S/C9H13BFNO2S/c1-8(2)9(3,4)14-10(13-8)7-12-5-6(11)15-7/h5H,1-4H3. The Morgan fingerprint density at radius 1 is 1.27 bits per heavy atom. The highest BCUT2D eigenvalue weighted by Crippen LogP contribution is 2.36. The van der Waals surface area contributed by atoms with E-state index in [2.05, 4.69) is 4.98 Å². The summed E-state index contributed by atoms with van der Waals surface area (Å²) in [5, 5.41) is -0.320. The summed E-state index contributed by atoms with van der Waals surface area (Å²) in [6, 6.07) is 0. The summed E-state index contributed by atoms with van der Waals surface area (Å²) in [6.07, 6.45) is 1.19. The molecule has 1 fully saturated rings. The van der Waals surface area contributed by atoms with E-state index in [9.17, 15) is 4.39 Å².